The van der Waals surface area contributed by atoms with Gasteiger partial charge in [0.25, 0.3) is 0 Å². The van der Waals surface area contributed by atoms with Crippen LogP contribution in [0.4, 0.5) is 0 Å². The summed E-state index contributed by atoms with van der Waals surface area (Å²) < 4.78 is 6.14. The number of ether oxygens (including phenoxy) is 1. The minimum Gasteiger partial charge on any atom is -0.496 e. The molecule has 4 heteroatoms. The molecule has 1 atom stereocenters. The van der Waals surface area contributed by atoms with E-state index in [0.29, 0.717) is 6.04 Å². The van der Waals surface area contributed by atoms with Crippen molar-refractivity contribution >= 4 is 15.9 Å². The average Bonchev–Trinajstić information content (AvgIpc) is 2.88. The van der Waals surface area contributed by atoms with Gasteiger partial charge < -0.3 is 15.2 Å². The Kier molecular flexibility index (Phi) is 5.03. The molecule has 0 radical (unpaired) electrons. The van der Waals surface area contributed by atoms with E-state index in [0.717, 1.165) is 15.8 Å². The first kappa shape index (κ1) is 13.8. The van der Waals surface area contributed by atoms with Crippen molar-refractivity contribution in [3.8, 4) is 5.75 Å². The lowest BCUT2D eigenvalue weighted by Crippen LogP contribution is -2.32. The summed E-state index contributed by atoms with van der Waals surface area (Å²) in [7, 11) is 1.65. The molecule has 0 bridgehead atoms. The van der Waals surface area contributed by atoms with Crippen LogP contribution in [-0.2, 0) is 0 Å². The molecule has 1 aromatic rings. The van der Waals surface area contributed by atoms with Gasteiger partial charge in [-0.2, -0.15) is 0 Å². The van der Waals surface area contributed by atoms with Crippen LogP contribution in [0.3, 0.4) is 0 Å². The van der Waals surface area contributed by atoms with E-state index in [2.05, 4.69) is 21.2 Å². The molecule has 0 amide bonds. The Morgan fingerprint density at radius 2 is 2.17 bits per heavy atom. The van der Waals surface area contributed by atoms with Gasteiger partial charge in [-0.1, -0.05) is 18.9 Å². The fourth-order valence-corrected chi connectivity index (χ4v) is 3.09. The van der Waals surface area contributed by atoms with E-state index in [9.17, 15) is 5.11 Å². The van der Waals surface area contributed by atoms with Gasteiger partial charge in [0.05, 0.1) is 24.2 Å². The lowest BCUT2D eigenvalue weighted by molar-refractivity contribution is 0.233. The van der Waals surface area contributed by atoms with Gasteiger partial charge in [0.15, 0.2) is 0 Å². The number of benzene rings is 1. The van der Waals surface area contributed by atoms with Gasteiger partial charge in [-0.3, -0.25) is 0 Å². The van der Waals surface area contributed by atoms with Crippen LogP contribution < -0.4 is 10.1 Å². The predicted octanol–water partition coefficient (Wildman–Crippen LogP) is 3.02. The molecule has 2 N–H and O–H groups in total. The predicted molar refractivity (Wildman–Crippen MR) is 75.9 cm³/mol. The summed E-state index contributed by atoms with van der Waals surface area (Å²) in [5, 5.41) is 13.1. The maximum atomic E-state index is 9.55. The molecule has 0 saturated heterocycles. The molecule has 1 aromatic carbocycles. The van der Waals surface area contributed by atoms with Crippen molar-refractivity contribution in [2.45, 2.75) is 37.8 Å². The second-order valence-corrected chi connectivity index (χ2v) is 5.63. The van der Waals surface area contributed by atoms with Crippen molar-refractivity contribution in [2.24, 2.45) is 0 Å². The lowest BCUT2D eigenvalue weighted by Gasteiger charge is -2.22. The standard InChI is InChI=1S/C14H20BrNO2/c1-18-14-7-6-10(8-12(14)15)13(9-17)16-11-4-2-3-5-11/h6-8,11,13,16-17H,2-5,9H2,1H3. The second-order valence-electron chi connectivity index (χ2n) is 4.78. The zero-order chi connectivity index (χ0) is 13.0. The first-order valence-electron chi connectivity index (χ1n) is 6.45. The summed E-state index contributed by atoms with van der Waals surface area (Å²) >= 11 is 3.48. The van der Waals surface area contributed by atoms with Crippen LogP contribution in [0.1, 0.15) is 37.3 Å². The van der Waals surface area contributed by atoms with Crippen molar-refractivity contribution in [1.82, 2.24) is 5.32 Å². The highest BCUT2D eigenvalue weighted by atomic mass is 79.9. The van der Waals surface area contributed by atoms with Crippen molar-refractivity contribution in [2.75, 3.05) is 13.7 Å². The quantitative estimate of drug-likeness (QED) is 0.878. The molecule has 0 aliphatic heterocycles. The number of hydrogen-bond acceptors (Lipinski definition) is 3. The summed E-state index contributed by atoms with van der Waals surface area (Å²) in [5.41, 5.74) is 1.09. The van der Waals surface area contributed by atoms with Crippen LogP contribution in [0.25, 0.3) is 0 Å². The molecule has 100 valence electrons. The Hall–Kier alpha value is -0.580. The second kappa shape index (κ2) is 6.55. The Balaban J connectivity index is 2.08. The zero-order valence-corrected chi connectivity index (χ0v) is 12.2. The maximum Gasteiger partial charge on any atom is 0.133 e. The van der Waals surface area contributed by atoms with Crippen LogP contribution in [0, 0.1) is 0 Å². The summed E-state index contributed by atoms with van der Waals surface area (Å²) in [5.74, 6) is 0.816. The molecule has 1 unspecified atom stereocenters. The first-order chi connectivity index (χ1) is 8.74. The van der Waals surface area contributed by atoms with Crippen molar-refractivity contribution in [3.63, 3.8) is 0 Å². The van der Waals surface area contributed by atoms with E-state index < -0.39 is 0 Å². The summed E-state index contributed by atoms with van der Waals surface area (Å²) in [4.78, 5) is 0. The molecule has 0 spiro atoms. The maximum absolute atomic E-state index is 9.55. The van der Waals surface area contributed by atoms with Gasteiger partial charge in [-0.05, 0) is 46.5 Å². The van der Waals surface area contributed by atoms with Gasteiger partial charge >= 0.3 is 0 Å². The van der Waals surface area contributed by atoms with Crippen LogP contribution in [0.15, 0.2) is 22.7 Å². The molecule has 0 aromatic heterocycles. The molecule has 2 rings (SSSR count). The van der Waals surface area contributed by atoms with Gasteiger partial charge in [-0.25, -0.2) is 0 Å². The summed E-state index contributed by atoms with van der Waals surface area (Å²) in [6.07, 6.45) is 5.02. The topological polar surface area (TPSA) is 41.5 Å². The van der Waals surface area contributed by atoms with Gasteiger partial charge in [0.1, 0.15) is 5.75 Å². The average molecular weight is 314 g/mol. The molecule has 1 aliphatic carbocycles. The number of halogens is 1. The van der Waals surface area contributed by atoms with Crippen LogP contribution >= 0.6 is 15.9 Å². The zero-order valence-electron chi connectivity index (χ0n) is 10.7. The van der Waals surface area contributed by atoms with Crippen molar-refractivity contribution in [3.05, 3.63) is 28.2 Å². The van der Waals surface area contributed by atoms with E-state index in [4.69, 9.17) is 4.74 Å². The third-order valence-electron chi connectivity index (χ3n) is 3.55. The fourth-order valence-electron chi connectivity index (χ4n) is 2.53. The molecular formula is C14H20BrNO2. The summed E-state index contributed by atoms with van der Waals surface area (Å²) in [6.45, 7) is 0.120. The molecule has 1 fully saturated rings. The van der Waals surface area contributed by atoms with Gasteiger partial charge in [0.2, 0.25) is 0 Å². The third-order valence-corrected chi connectivity index (χ3v) is 4.17. The molecule has 1 aliphatic rings. The number of aliphatic hydroxyl groups excluding tert-OH is 1. The molecule has 0 heterocycles. The number of methoxy groups -OCH3 is 1. The molecule has 3 nitrogen and oxygen atoms in total. The smallest absolute Gasteiger partial charge is 0.133 e. The monoisotopic (exact) mass is 313 g/mol. The Bertz CT molecular complexity index is 391. The highest BCUT2D eigenvalue weighted by molar-refractivity contribution is 9.10. The molecular weight excluding hydrogens is 294 g/mol. The Labute approximate surface area is 117 Å². The Morgan fingerprint density at radius 1 is 1.44 bits per heavy atom. The van der Waals surface area contributed by atoms with Gasteiger partial charge in [0, 0.05) is 6.04 Å². The van der Waals surface area contributed by atoms with Crippen LogP contribution in [-0.4, -0.2) is 24.9 Å². The Morgan fingerprint density at radius 3 is 2.72 bits per heavy atom. The lowest BCUT2D eigenvalue weighted by atomic mass is 10.1. The van der Waals surface area contributed by atoms with E-state index in [1.165, 1.54) is 25.7 Å². The van der Waals surface area contributed by atoms with Crippen molar-refractivity contribution in [1.29, 1.82) is 0 Å². The van der Waals surface area contributed by atoms with E-state index >= 15 is 0 Å². The number of aliphatic hydroxyl groups is 1. The van der Waals surface area contributed by atoms with Crippen LogP contribution in [0.5, 0.6) is 5.75 Å². The van der Waals surface area contributed by atoms with Crippen LogP contribution in [0.2, 0.25) is 0 Å². The minimum absolute atomic E-state index is 0.00954. The summed E-state index contributed by atoms with van der Waals surface area (Å²) in [6, 6.07) is 6.50. The van der Waals surface area contributed by atoms with E-state index in [1.54, 1.807) is 7.11 Å². The largest absolute Gasteiger partial charge is 0.496 e. The minimum atomic E-state index is 0.00954. The molecule has 18 heavy (non-hydrogen) atoms. The fraction of sp³-hybridized carbons (Fsp3) is 0.571. The SMILES string of the molecule is COc1ccc(C(CO)NC2CCCC2)cc1Br. The highest BCUT2D eigenvalue weighted by Crippen LogP contribution is 2.29. The van der Waals surface area contributed by atoms with E-state index in [-0.39, 0.29) is 12.6 Å². The highest BCUT2D eigenvalue weighted by Gasteiger charge is 2.20. The van der Waals surface area contributed by atoms with Crippen molar-refractivity contribution < 1.29 is 9.84 Å². The number of nitrogens with one attached hydrogen (secondary N) is 1. The number of hydrogen-bond donors (Lipinski definition) is 2. The number of rotatable bonds is 5. The van der Waals surface area contributed by atoms with Gasteiger partial charge in [-0.15, -0.1) is 0 Å². The molecule has 1 saturated carbocycles. The normalized spacial score (nSPS) is 17.9. The van der Waals surface area contributed by atoms with E-state index in [1.807, 2.05) is 18.2 Å². The third kappa shape index (κ3) is 3.25. The first-order valence-corrected chi connectivity index (χ1v) is 7.24.